The topological polar surface area (TPSA) is 51.6 Å². The molecule has 1 aromatic rings. The molecule has 0 unspecified atom stereocenters. The molecular formula is C9H13NO3. The molecule has 0 spiro atoms. The fourth-order valence-corrected chi connectivity index (χ4v) is 1.17. The number of aliphatic hydroxyl groups is 1. The highest BCUT2D eigenvalue weighted by Gasteiger charge is 2.14. The molecule has 72 valence electrons. The summed E-state index contributed by atoms with van der Waals surface area (Å²) in [6.07, 6.45) is 2.46. The molecule has 0 aliphatic heterocycles. The first-order chi connectivity index (χ1) is 6.20. The fourth-order valence-electron chi connectivity index (χ4n) is 1.17. The Kier molecular flexibility index (Phi) is 3.08. The number of nitrogens with zero attached hydrogens (tertiary/aromatic N) is 1. The van der Waals surface area contributed by atoms with Gasteiger partial charge in [0.15, 0.2) is 0 Å². The third kappa shape index (κ3) is 1.89. The lowest BCUT2D eigenvalue weighted by Crippen LogP contribution is -2.01. The van der Waals surface area contributed by atoms with E-state index in [4.69, 9.17) is 9.47 Å². The molecule has 0 aliphatic rings. The lowest BCUT2D eigenvalue weighted by atomic mass is 10.1. The average Bonchev–Trinajstić information content (AvgIpc) is 2.16. The van der Waals surface area contributed by atoms with E-state index in [1.54, 1.807) is 19.3 Å². The Balaban J connectivity index is 3.21. The quantitative estimate of drug-likeness (QED) is 0.763. The van der Waals surface area contributed by atoms with Gasteiger partial charge in [-0.1, -0.05) is 0 Å². The van der Waals surface area contributed by atoms with Crippen LogP contribution in [0.3, 0.4) is 0 Å². The molecular weight excluding hydrogens is 170 g/mol. The molecule has 0 fully saturated rings. The summed E-state index contributed by atoms with van der Waals surface area (Å²) in [6, 6.07) is 0. The van der Waals surface area contributed by atoms with Gasteiger partial charge in [-0.05, 0) is 6.92 Å². The van der Waals surface area contributed by atoms with Gasteiger partial charge in [-0.15, -0.1) is 0 Å². The van der Waals surface area contributed by atoms with Gasteiger partial charge >= 0.3 is 0 Å². The van der Waals surface area contributed by atoms with Gasteiger partial charge in [-0.2, -0.15) is 0 Å². The van der Waals surface area contributed by atoms with Crippen LogP contribution in [0.4, 0.5) is 0 Å². The van der Waals surface area contributed by atoms with Gasteiger partial charge in [-0.3, -0.25) is 4.98 Å². The van der Waals surface area contributed by atoms with Crippen LogP contribution in [0.1, 0.15) is 18.6 Å². The van der Waals surface area contributed by atoms with Gasteiger partial charge in [-0.25, -0.2) is 0 Å². The standard InChI is InChI=1S/C9H13NO3/c1-6(11)9-7(12-2)4-10-5-8(9)13-3/h4-6,11H,1-3H3/t6-/m1/s1. The van der Waals surface area contributed by atoms with Crippen LogP contribution in [-0.4, -0.2) is 24.3 Å². The maximum atomic E-state index is 9.46. The van der Waals surface area contributed by atoms with Crippen LogP contribution in [0.25, 0.3) is 0 Å². The lowest BCUT2D eigenvalue weighted by Gasteiger charge is -2.13. The Labute approximate surface area is 77.1 Å². The van der Waals surface area contributed by atoms with E-state index < -0.39 is 6.10 Å². The van der Waals surface area contributed by atoms with E-state index in [1.807, 2.05) is 0 Å². The molecule has 0 radical (unpaired) electrons. The molecule has 1 atom stereocenters. The van der Waals surface area contributed by atoms with Crippen LogP contribution in [0, 0.1) is 0 Å². The normalized spacial score (nSPS) is 12.3. The van der Waals surface area contributed by atoms with Crippen LogP contribution in [0.5, 0.6) is 11.5 Å². The van der Waals surface area contributed by atoms with Crippen LogP contribution in [-0.2, 0) is 0 Å². The highest BCUT2D eigenvalue weighted by Crippen LogP contribution is 2.32. The molecule has 0 saturated carbocycles. The Morgan fingerprint density at radius 1 is 1.23 bits per heavy atom. The number of rotatable bonds is 3. The number of hydrogen-bond donors (Lipinski definition) is 1. The van der Waals surface area contributed by atoms with Crippen molar-refractivity contribution >= 4 is 0 Å². The summed E-state index contributed by atoms with van der Waals surface area (Å²) in [5.41, 5.74) is 0.625. The molecule has 1 aromatic heterocycles. The highest BCUT2D eigenvalue weighted by molar-refractivity contribution is 5.42. The van der Waals surface area contributed by atoms with E-state index >= 15 is 0 Å². The van der Waals surface area contributed by atoms with Crippen molar-refractivity contribution < 1.29 is 14.6 Å². The number of hydrogen-bond acceptors (Lipinski definition) is 4. The van der Waals surface area contributed by atoms with Crippen molar-refractivity contribution in [2.24, 2.45) is 0 Å². The Hall–Kier alpha value is -1.29. The monoisotopic (exact) mass is 183 g/mol. The van der Waals surface area contributed by atoms with Gasteiger partial charge < -0.3 is 14.6 Å². The van der Waals surface area contributed by atoms with Crippen molar-refractivity contribution in [1.82, 2.24) is 4.98 Å². The number of aromatic nitrogens is 1. The first kappa shape index (κ1) is 9.80. The summed E-state index contributed by atoms with van der Waals surface area (Å²) in [5, 5.41) is 9.46. The summed E-state index contributed by atoms with van der Waals surface area (Å²) in [5.74, 6) is 1.07. The first-order valence-corrected chi connectivity index (χ1v) is 3.94. The van der Waals surface area contributed by atoms with Crippen LogP contribution < -0.4 is 9.47 Å². The molecule has 1 rings (SSSR count). The van der Waals surface area contributed by atoms with Gasteiger partial charge in [0.1, 0.15) is 11.5 Å². The summed E-state index contributed by atoms with van der Waals surface area (Å²) in [6.45, 7) is 1.65. The van der Waals surface area contributed by atoms with Gasteiger partial charge in [0, 0.05) is 0 Å². The summed E-state index contributed by atoms with van der Waals surface area (Å²) in [4.78, 5) is 3.91. The van der Waals surface area contributed by atoms with E-state index in [0.717, 1.165) is 0 Å². The first-order valence-electron chi connectivity index (χ1n) is 3.94. The minimum atomic E-state index is -0.632. The van der Waals surface area contributed by atoms with E-state index in [1.165, 1.54) is 14.2 Å². The van der Waals surface area contributed by atoms with Crippen molar-refractivity contribution in [2.75, 3.05) is 14.2 Å². The summed E-state index contributed by atoms with van der Waals surface area (Å²) >= 11 is 0. The maximum Gasteiger partial charge on any atom is 0.146 e. The van der Waals surface area contributed by atoms with Crippen LogP contribution in [0.2, 0.25) is 0 Å². The number of aliphatic hydroxyl groups excluding tert-OH is 1. The summed E-state index contributed by atoms with van der Waals surface area (Å²) < 4.78 is 10.1. The molecule has 0 aromatic carbocycles. The molecule has 4 nitrogen and oxygen atoms in total. The van der Waals surface area contributed by atoms with E-state index in [0.29, 0.717) is 17.1 Å². The maximum absolute atomic E-state index is 9.46. The van der Waals surface area contributed by atoms with Crippen molar-refractivity contribution in [3.8, 4) is 11.5 Å². The van der Waals surface area contributed by atoms with Crippen molar-refractivity contribution in [1.29, 1.82) is 0 Å². The molecule has 0 saturated heterocycles. The predicted octanol–water partition coefficient (Wildman–Crippen LogP) is 1.15. The third-order valence-electron chi connectivity index (χ3n) is 1.77. The average molecular weight is 183 g/mol. The molecule has 0 aliphatic carbocycles. The molecule has 0 amide bonds. The van der Waals surface area contributed by atoms with E-state index in [9.17, 15) is 5.11 Å². The second-order valence-corrected chi connectivity index (χ2v) is 2.63. The van der Waals surface area contributed by atoms with Crippen molar-refractivity contribution in [3.63, 3.8) is 0 Å². The Morgan fingerprint density at radius 3 is 2.00 bits per heavy atom. The Morgan fingerprint density at radius 2 is 1.69 bits per heavy atom. The lowest BCUT2D eigenvalue weighted by molar-refractivity contribution is 0.188. The van der Waals surface area contributed by atoms with Gasteiger partial charge in [0.05, 0.1) is 38.3 Å². The van der Waals surface area contributed by atoms with Crippen LogP contribution >= 0.6 is 0 Å². The number of methoxy groups -OCH3 is 2. The van der Waals surface area contributed by atoms with Crippen molar-refractivity contribution in [3.05, 3.63) is 18.0 Å². The minimum absolute atomic E-state index is 0.536. The second kappa shape index (κ2) is 4.09. The Bertz CT molecular complexity index is 264. The summed E-state index contributed by atoms with van der Waals surface area (Å²) in [7, 11) is 3.06. The predicted molar refractivity (Wildman–Crippen MR) is 48.0 cm³/mol. The van der Waals surface area contributed by atoms with Gasteiger partial charge in [0.25, 0.3) is 0 Å². The highest BCUT2D eigenvalue weighted by atomic mass is 16.5. The largest absolute Gasteiger partial charge is 0.495 e. The van der Waals surface area contributed by atoms with Crippen molar-refractivity contribution in [2.45, 2.75) is 13.0 Å². The zero-order chi connectivity index (χ0) is 9.84. The minimum Gasteiger partial charge on any atom is -0.495 e. The molecule has 0 bridgehead atoms. The smallest absolute Gasteiger partial charge is 0.146 e. The molecule has 1 heterocycles. The SMILES string of the molecule is COc1cncc(OC)c1[C@@H](C)O. The van der Waals surface area contributed by atoms with Crippen LogP contribution in [0.15, 0.2) is 12.4 Å². The van der Waals surface area contributed by atoms with E-state index in [-0.39, 0.29) is 0 Å². The zero-order valence-electron chi connectivity index (χ0n) is 7.94. The molecule has 1 N–H and O–H groups in total. The van der Waals surface area contributed by atoms with E-state index in [2.05, 4.69) is 4.98 Å². The zero-order valence-corrected chi connectivity index (χ0v) is 7.94. The van der Waals surface area contributed by atoms with Gasteiger partial charge in [0.2, 0.25) is 0 Å². The number of pyridine rings is 1. The fraction of sp³-hybridized carbons (Fsp3) is 0.444. The second-order valence-electron chi connectivity index (χ2n) is 2.63. The molecule has 13 heavy (non-hydrogen) atoms. The number of ether oxygens (including phenoxy) is 2. The molecule has 4 heteroatoms. The third-order valence-corrected chi connectivity index (χ3v) is 1.77.